The number of carbonyl (C=O) groups excluding carboxylic acids is 1. The quantitative estimate of drug-likeness (QED) is 0.866. The lowest BCUT2D eigenvalue weighted by Gasteiger charge is -2.15. The lowest BCUT2D eigenvalue weighted by Crippen LogP contribution is -2.30. The van der Waals surface area contributed by atoms with Gasteiger partial charge in [-0.3, -0.25) is 9.69 Å². The third kappa shape index (κ3) is 2.82. The van der Waals surface area contributed by atoms with E-state index >= 15 is 0 Å². The Kier molecular flexibility index (Phi) is 3.40. The molecule has 0 heterocycles. The molecule has 0 saturated heterocycles. The highest BCUT2D eigenvalue weighted by Gasteiger charge is 2.06. The van der Waals surface area contributed by atoms with Gasteiger partial charge in [0, 0.05) is 6.54 Å². The maximum atomic E-state index is 10.8. The summed E-state index contributed by atoms with van der Waals surface area (Å²) in [5.74, 6) is -0.298. The lowest BCUT2D eigenvalue weighted by molar-refractivity contribution is -0.118. The fourth-order valence-electron chi connectivity index (χ4n) is 2.04. The van der Waals surface area contributed by atoms with Gasteiger partial charge in [0.25, 0.3) is 0 Å². The molecule has 0 aliphatic rings. The summed E-state index contributed by atoms with van der Waals surface area (Å²) in [4.78, 5) is 12.8. The van der Waals surface area contributed by atoms with Gasteiger partial charge in [0.1, 0.15) is 0 Å². The molecule has 2 aromatic rings. The summed E-state index contributed by atoms with van der Waals surface area (Å²) in [6, 6.07) is 14.5. The molecule has 17 heavy (non-hydrogen) atoms. The van der Waals surface area contributed by atoms with E-state index in [0.29, 0.717) is 0 Å². The molecule has 0 aliphatic carbocycles. The van der Waals surface area contributed by atoms with Gasteiger partial charge in [-0.05, 0) is 23.4 Å². The second kappa shape index (κ2) is 4.97. The van der Waals surface area contributed by atoms with Crippen molar-refractivity contribution < 1.29 is 4.79 Å². The Hall–Kier alpha value is -1.87. The average molecular weight is 228 g/mol. The third-order valence-corrected chi connectivity index (χ3v) is 2.75. The molecule has 0 atom stereocenters. The molecule has 0 radical (unpaired) electrons. The van der Waals surface area contributed by atoms with Gasteiger partial charge in [0.15, 0.2) is 0 Å². The zero-order valence-electron chi connectivity index (χ0n) is 9.89. The van der Waals surface area contributed by atoms with E-state index in [1.165, 1.54) is 16.3 Å². The van der Waals surface area contributed by atoms with Gasteiger partial charge in [-0.1, -0.05) is 42.5 Å². The Morgan fingerprint density at radius 1 is 1.18 bits per heavy atom. The van der Waals surface area contributed by atoms with Crippen molar-refractivity contribution in [2.45, 2.75) is 6.54 Å². The molecule has 2 rings (SSSR count). The number of hydrogen-bond acceptors (Lipinski definition) is 2. The SMILES string of the molecule is CN(CC(N)=O)Cc1cccc2ccccc12. The molecule has 88 valence electrons. The van der Waals surface area contributed by atoms with Gasteiger partial charge < -0.3 is 5.73 Å². The zero-order valence-corrected chi connectivity index (χ0v) is 9.89. The minimum absolute atomic E-state index is 0.281. The van der Waals surface area contributed by atoms with Crippen LogP contribution in [0.3, 0.4) is 0 Å². The second-order valence-corrected chi connectivity index (χ2v) is 4.28. The van der Waals surface area contributed by atoms with Crippen LogP contribution in [0.15, 0.2) is 42.5 Å². The van der Waals surface area contributed by atoms with Crippen LogP contribution in [-0.2, 0) is 11.3 Å². The normalized spacial score (nSPS) is 10.9. The molecule has 0 fully saturated rings. The first-order chi connectivity index (χ1) is 8.16. The molecule has 0 saturated carbocycles. The van der Waals surface area contributed by atoms with Gasteiger partial charge in [-0.2, -0.15) is 0 Å². The number of nitrogens with two attached hydrogens (primary N) is 1. The van der Waals surface area contributed by atoms with Gasteiger partial charge in [-0.15, -0.1) is 0 Å². The Balaban J connectivity index is 2.26. The topological polar surface area (TPSA) is 46.3 Å². The first-order valence-electron chi connectivity index (χ1n) is 5.60. The molecule has 1 amide bonds. The van der Waals surface area contributed by atoms with E-state index in [1.54, 1.807) is 0 Å². The Morgan fingerprint density at radius 2 is 1.88 bits per heavy atom. The number of benzene rings is 2. The summed E-state index contributed by atoms with van der Waals surface area (Å²) >= 11 is 0. The fourth-order valence-corrected chi connectivity index (χ4v) is 2.04. The smallest absolute Gasteiger partial charge is 0.231 e. The zero-order chi connectivity index (χ0) is 12.3. The number of fused-ring (bicyclic) bond motifs is 1. The molecule has 3 nitrogen and oxygen atoms in total. The summed E-state index contributed by atoms with van der Waals surface area (Å²) < 4.78 is 0. The fraction of sp³-hybridized carbons (Fsp3) is 0.214. The van der Waals surface area contributed by atoms with Crippen molar-refractivity contribution in [3.8, 4) is 0 Å². The Labute approximate surface area is 101 Å². The van der Waals surface area contributed by atoms with Crippen molar-refractivity contribution in [2.75, 3.05) is 13.6 Å². The monoisotopic (exact) mass is 228 g/mol. The van der Waals surface area contributed by atoms with Crippen LogP contribution in [0.4, 0.5) is 0 Å². The van der Waals surface area contributed by atoms with Crippen LogP contribution in [0.1, 0.15) is 5.56 Å². The Morgan fingerprint density at radius 3 is 2.65 bits per heavy atom. The van der Waals surface area contributed by atoms with Crippen LogP contribution in [-0.4, -0.2) is 24.4 Å². The van der Waals surface area contributed by atoms with Gasteiger partial charge in [-0.25, -0.2) is 0 Å². The highest BCUT2D eigenvalue weighted by molar-refractivity contribution is 5.85. The number of rotatable bonds is 4. The van der Waals surface area contributed by atoms with Crippen molar-refractivity contribution in [1.29, 1.82) is 0 Å². The van der Waals surface area contributed by atoms with Crippen molar-refractivity contribution >= 4 is 16.7 Å². The molecular formula is C14H16N2O. The molecule has 0 spiro atoms. The predicted octanol–water partition coefficient (Wildman–Crippen LogP) is 1.76. The van der Waals surface area contributed by atoms with Gasteiger partial charge >= 0.3 is 0 Å². The maximum absolute atomic E-state index is 10.8. The average Bonchev–Trinajstić information content (AvgIpc) is 2.28. The maximum Gasteiger partial charge on any atom is 0.231 e. The minimum atomic E-state index is -0.298. The number of carbonyl (C=O) groups is 1. The highest BCUT2D eigenvalue weighted by Crippen LogP contribution is 2.19. The number of amides is 1. The van der Waals surface area contributed by atoms with E-state index in [1.807, 2.05) is 30.1 Å². The molecule has 2 aromatic carbocycles. The summed E-state index contributed by atoms with van der Waals surface area (Å²) in [7, 11) is 1.90. The van der Waals surface area contributed by atoms with E-state index in [9.17, 15) is 4.79 Å². The van der Waals surface area contributed by atoms with Crippen LogP contribution in [0.25, 0.3) is 10.8 Å². The third-order valence-electron chi connectivity index (χ3n) is 2.75. The van der Waals surface area contributed by atoms with Crippen LogP contribution < -0.4 is 5.73 Å². The van der Waals surface area contributed by atoms with Crippen molar-refractivity contribution in [3.63, 3.8) is 0 Å². The molecule has 0 unspecified atom stereocenters. The first kappa shape index (κ1) is 11.6. The van der Waals surface area contributed by atoms with E-state index in [2.05, 4.69) is 24.3 Å². The van der Waals surface area contributed by atoms with Crippen LogP contribution in [0, 0.1) is 0 Å². The van der Waals surface area contributed by atoms with Crippen LogP contribution in [0.2, 0.25) is 0 Å². The molecule has 3 heteroatoms. The largest absolute Gasteiger partial charge is 0.369 e. The van der Waals surface area contributed by atoms with Crippen molar-refractivity contribution in [2.24, 2.45) is 5.73 Å². The number of likely N-dealkylation sites (N-methyl/N-ethyl adjacent to an activating group) is 1. The highest BCUT2D eigenvalue weighted by atomic mass is 16.1. The van der Waals surface area contributed by atoms with E-state index < -0.39 is 0 Å². The summed E-state index contributed by atoms with van der Waals surface area (Å²) in [6.45, 7) is 1.01. The van der Waals surface area contributed by atoms with Crippen LogP contribution in [0.5, 0.6) is 0 Å². The second-order valence-electron chi connectivity index (χ2n) is 4.28. The molecule has 2 N–H and O–H groups in total. The van der Waals surface area contributed by atoms with Gasteiger partial charge in [0.05, 0.1) is 6.54 Å². The number of primary amides is 1. The standard InChI is InChI=1S/C14H16N2O/c1-16(10-14(15)17)9-12-7-4-6-11-5-2-3-8-13(11)12/h2-8H,9-10H2,1H3,(H2,15,17). The number of nitrogens with zero attached hydrogens (tertiary/aromatic N) is 1. The van der Waals surface area contributed by atoms with Crippen LogP contribution >= 0.6 is 0 Å². The van der Waals surface area contributed by atoms with Crippen molar-refractivity contribution in [1.82, 2.24) is 4.90 Å². The first-order valence-corrected chi connectivity index (χ1v) is 5.60. The van der Waals surface area contributed by atoms with E-state index in [0.717, 1.165) is 6.54 Å². The summed E-state index contributed by atoms with van der Waals surface area (Å²) in [6.07, 6.45) is 0. The van der Waals surface area contributed by atoms with E-state index in [-0.39, 0.29) is 12.5 Å². The molecule has 0 aliphatic heterocycles. The van der Waals surface area contributed by atoms with E-state index in [4.69, 9.17) is 5.73 Å². The molecule has 0 bridgehead atoms. The Bertz CT molecular complexity index is 531. The predicted molar refractivity (Wildman–Crippen MR) is 69.5 cm³/mol. The van der Waals surface area contributed by atoms with Gasteiger partial charge in [0.2, 0.25) is 5.91 Å². The minimum Gasteiger partial charge on any atom is -0.369 e. The lowest BCUT2D eigenvalue weighted by atomic mass is 10.0. The summed E-state index contributed by atoms with van der Waals surface area (Å²) in [5.41, 5.74) is 6.39. The van der Waals surface area contributed by atoms with Crippen molar-refractivity contribution in [3.05, 3.63) is 48.0 Å². The summed E-state index contributed by atoms with van der Waals surface area (Å²) in [5, 5.41) is 2.45. The molecular weight excluding hydrogens is 212 g/mol. The molecule has 0 aromatic heterocycles. The number of hydrogen-bond donors (Lipinski definition) is 1.